The Bertz CT molecular complexity index is 189. The molecule has 1 N–H and O–H groups in total. The number of aliphatic hydroxyl groups is 1. The summed E-state index contributed by atoms with van der Waals surface area (Å²) in [6, 6.07) is 0. The van der Waals surface area contributed by atoms with Gasteiger partial charge in [0.25, 0.3) is 0 Å². The van der Waals surface area contributed by atoms with Gasteiger partial charge < -0.3 is 9.84 Å². The summed E-state index contributed by atoms with van der Waals surface area (Å²) in [5, 5.41) is 10.2. The molecule has 0 aromatic heterocycles. The highest BCUT2D eigenvalue weighted by Crippen LogP contribution is 2.33. The predicted octanol–water partition coefficient (Wildman–Crippen LogP) is 3.73. The first-order chi connectivity index (χ1) is 7.45. The first kappa shape index (κ1) is 14.0. The van der Waals surface area contributed by atoms with Gasteiger partial charge in [-0.15, -0.1) is 0 Å². The van der Waals surface area contributed by atoms with Crippen LogP contribution in [0.4, 0.5) is 0 Å². The van der Waals surface area contributed by atoms with Crippen LogP contribution in [0.15, 0.2) is 0 Å². The standard InChI is InChI=1S/C14H28O2/c1-5-12(14(2,3)4)13(15)16-11-9-7-6-8-10-11/h11-13,15H,5-10H2,1-4H3/t12-,13+/m0/s1. The molecule has 0 heterocycles. The smallest absolute Gasteiger partial charge is 0.158 e. The van der Waals surface area contributed by atoms with Crippen LogP contribution in [0.3, 0.4) is 0 Å². The molecule has 1 fully saturated rings. The molecule has 0 spiro atoms. The second-order valence-electron chi connectivity index (χ2n) is 6.17. The zero-order chi connectivity index (χ0) is 12.2. The molecule has 1 aliphatic rings. The van der Waals surface area contributed by atoms with Gasteiger partial charge in [0.05, 0.1) is 6.10 Å². The Kier molecular flexibility index (Phi) is 5.26. The van der Waals surface area contributed by atoms with Gasteiger partial charge in [0, 0.05) is 5.92 Å². The Morgan fingerprint density at radius 3 is 2.19 bits per heavy atom. The van der Waals surface area contributed by atoms with Crippen molar-refractivity contribution < 1.29 is 9.84 Å². The molecular weight excluding hydrogens is 200 g/mol. The maximum atomic E-state index is 10.2. The summed E-state index contributed by atoms with van der Waals surface area (Å²) >= 11 is 0. The molecule has 0 unspecified atom stereocenters. The van der Waals surface area contributed by atoms with E-state index in [0.717, 1.165) is 19.3 Å². The second-order valence-corrected chi connectivity index (χ2v) is 6.17. The highest BCUT2D eigenvalue weighted by Gasteiger charge is 2.32. The van der Waals surface area contributed by atoms with E-state index in [4.69, 9.17) is 4.74 Å². The van der Waals surface area contributed by atoms with Crippen molar-refractivity contribution in [2.45, 2.75) is 78.6 Å². The lowest BCUT2D eigenvalue weighted by atomic mass is 9.78. The highest BCUT2D eigenvalue weighted by molar-refractivity contribution is 4.76. The van der Waals surface area contributed by atoms with Gasteiger partial charge in [-0.25, -0.2) is 0 Å². The van der Waals surface area contributed by atoms with E-state index in [1.165, 1.54) is 19.3 Å². The third-order valence-corrected chi connectivity index (χ3v) is 3.78. The lowest BCUT2D eigenvalue weighted by Gasteiger charge is -2.36. The SMILES string of the molecule is CC[C@@H]([C@H](O)OC1CCCCC1)C(C)(C)C. The Hall–Kier alpha value is -0.0800. The average molecular weight is 228 g/mol. The fourth-order valence-electron chi connectivity index (χ4n) is 2.73. The first-order valence-electron chi connectivity index (χ1n) is 6.78. The fourth-order valence-corrected chi connectivity index (χ4v) is 2.73. The summed E-state index contributed by atoms with van der Waals surface area (Å²) < 4.78 is 5.83. The molecule has 1 saturated carbocycles. The number of hydrogen-bond acceptors (Lipinski definition) is 2. The summed E-state index contributed by atoms with van der Waals surface area (Å²) in [5.41, 5.74) is 0.114. The third kappa shape index (κ3) is 4.06. The largest absolute Gasteiger partial charge is 0.368 e. The average Bonchev–Trinajstić information content (AvgIpc) is 2.17. The van der Waals surface area contributed by atoms with Crippen molar-refractivity contribution in [2.24, 2.45) is 11.3 Å². The van der Waals surface area contributed by atoms with Gasteiger partial charge in [-0.2, -0.15) is 0 Å². The molecule has 2 nitrogen and oxygen atoms in total. The van der Waals surface area contributed by atoms with Gasteiger partial charge in [-0.3, -0.25) is 0 Å². The fraction of sp³-hybridized carbons (Fsp3) is 1.00. The van der Waals surface area contributed by atoms with E-state index in [9.17, 15) is 5.11 Å². The van der Waals surface area contributed by atoms with Crippen LogP contribution >= 0.6 is 0 Å². The molecule has 0 amide bonds. The minimum Gasteiger partial charge on any atom is -0.368 e. The van der Waals surface area contributed by atoms with Gasteiger partial charge >= 0.3 is 0 Å². The van der Waals surface area contributed by atoms with E-state index in [1.807, 2.05) is 0 Å². The molecule has 0 aliphatic heterocycles. The molecule has 0 aromatic carbocycles. The van der Waals surface area contributed by atoms with Crippen LogP contribution in [0, 0.1) is 11.3 Å². The Balaban J connectivity index is 2.45. The van der Waals surface area contributed by atoms with E-state index in [-0.39, 0.29) is 11.3 Å². The van der Waals surface area contributed by atoms with Crippen LogP contribution in [0.2, 0.25) is 0 Å². The second kappa shape index (κ2) is 6.02. The third-order valence-electron chi connectivity index (χ3n) is 3.78. The quantitative estimate of drug-likeness (QED) is 0.743. The van der Waals surface area contributed by atoms with Crippen LogP contribution in [-0.4, -0.2) is 17.5 Å². The highest BCUT2D eigenvalue weighted by atomic mass is 16.6. The Morgan fingerprint density at radius 1 is 1.19 bits per heavy atom. The van der Waals surface area contributed by atoms with Crippen molar-refractivity contribution in [1.29, 1.82) is 0 Å². The zero-order valence-corrected chi connectivity index (χ0v) is 11.3. The van der Waals surface area contributed by atoms with Crippen molar-refractivity contribution in [3.8, 4) is 0 Å². The van der Waals surface area contributed by atoms with E-state index in [1.54, 1.807) is 0 Å². The molecule has 0 bridgehead atoms. The molecule has 96 valence electrons. The molecular formula is C14H28O2. The van der Waals surface area contributed by atoms with Crippen molar-refractivity contribution in [3.05, 3.63) is 0 Å². The summed E-state index contributed by atoms with van der Waals surface area (Å²) in [6.45, 7) is 8.65. The van der Waals surface area contributed by atoms with Crippen LogP contribution < -0.4 is 0 Å². The Labute approximate surface area is 100 Å². The molecule has 0 radical (unpaired) electrons. The van der Waals surface area contributed by atoms with E-state index in [2.05, 4.69) is 27.7 Å². The minimum absolute atomic E-state index is 0.114. The van der Waals surface area contributed by atoms with Gasteiger partial charge in [-0.05, 0) is 24.7 Å². The monoisotopic (exact) mass is 228 g/mol. The molecule has 16 heavy (non-hydrogen) atoms. The minimum atomic E-state index is -0.590. The molecule has 1 aliphatic carbocycles. The van der Waals surface area contributed by atoms with Gasteiger partial charge in [0.1, 0.15) is 0 Å². The number of ether oxygens (including phenoxy) is 1. The lowest BCUT2D eigenvalue weighted by Crippen LogP contribution is -2.36. The Morgan fingerprint density at radius 2 is 1.75 bits per heavy atom. The maximum Gasteiger partial charge on any atom is 0.158 e. The van der Waals surface area contributed by atoms with Gasteiger partial charge in [-0.1, -0.05) is 47.0 Å². The lowest BCUT2D eigenvalue weighted by molar-refractivity contribution is -0.190. The molecule has 0 aromatic rings. The molecule has 1 rings (SSSR count). The maximum absolute atomic E-state index is 10.2. The van der Waals surface area contributed by atoms with Crippen LogP contribution in [0.25, 0.3) is 0 Å². The van der Waals surface area contributed by atoms with Crippen molar-refractivity contribution >= 4 is 0 Å². The summed E-state index contributed by atoms with van der Waals surface area (Å²) in [4.78, 5) is 0. The van der Waals surface area contributed by atoms with Gasteiger partial charge in [0.15, 0.2) is 6.29 Å². The molecule has 2 atom stereocenters. The van der Waals surface area contributed by atoms with Crippen LogP contribution in [0.5, 0.6) is 0 Å². The van der Waals surface area contributed by atoms with Crippen molar-refractivity contribution in [1.82, 2.24) is 0 Å². The summed E-state index contributed by atoms with van der Waals surface area (Å²) in [7, 11) is 0. The normalized spacial score (nSPS) is 23.1. The number of hydrogen-bond donors (Lipinski definition) is 1. The van der Waals surface area contributed by atoms with Gasteiger partial charge in [0.2, 0.25) is 0 Å². The van der Waals surface area contributed by atoms with Crippen LogP contribution in [0.1, 0.15) is 66.2 Å². The van der Waals surface area contributed by atoms with E-state index >= 15 is 0 Å². The van der Waals surface area contributed by atoms with E-state index < -0.39 is 6.29 Å². The molecule has 0 saturated heterocycles. The zero-order valence-electron chi connectivity index (χ0n) is 11.3. The molecule has 2 heteroatoms. The first-order valence-corrected chi connectivity index (χ1v) is 6.78. The number of aliphatic hydroxyl groups excluding tert-OH is 1. The summed E-state index contributed by atoms with van der Waals surface area (Å²) in [6.07, 6.45) is 6.75. The number of rotatable bonds is 4. The predicted molar refractivity (Wildman–Crippen MR) is 67.2 cm³/mol. The van der Waals surface area contributed by atoms with Crippen molar-refractivity contribution in [3.63, 3.8) is 0 Å². The summed E-state index contributed by atoms with van der Waals surface area (Å²) in [5.74, 6) is 0.231. The topological polar surface area (TPSA) is 29.5 Å². The van der Waals surface area contributed by atoms with E-state index in [0.29, 0.717) is 6.10 Å². The van der Waals surface area contributed by atoms with Crippen molar-refractivity contribution in [2.75, 3.05) is 0 Å². The van der Waals surface area contributed by atoms with Crippen LogP contribution in [-0.2, 0) is 4.74 Å².